The van der Waals surface area contributed by atoms with E-state index in [1.165, 1.54) is 15.4 Å². The van der Waals surface area contributed by atoms with E-state index in [1.54, 1.807) is 19.1 Å². The average Bonchev–Trinajstić information content (AvgIpc) is 2.62. The molecular formula is C22H30N2O3S. The summed E-state index contributed by atoms with van der Waals surface area (Å²) in [5, 5.41) is 2.87. The number of nitrogens with one attached hydrogen (secondary N) is 1. The van der Waals surface area contributed by atoms with Gasteiger partial charge in [0.25, 0.3) is 0 Å². The summed E-state index contributed by atoms with van der Waals surface area (Å²) in [6, 6.07) is 12.9. The first-order chi connectivity index (χ1) is 13.1. The van der Waals surface area contributed by atoms with Crippen molar-refractivity contribution >= 4 is 21.6 Å². The van der Waals surface area contributed by atoms with Gasteiger partial charge in [0.2, 0.25) is 15.9 Å². The molecule has 0 bridgehead atoms. The maximum Gasteiger partial charge on any atom is 0.243 e. The molecule has 0 saturated carbocycles. The number of rotatable bonds is 8. The molecule has 1 unspecified atom stereocenters. The van der Waals surface area contributed by atoms with E-state index in [2.05, 4.69) is 36.5 Å². The Kier molecular flexibility index (Phi) is 7.24. The third-order valence-corrected chi connectivity index (χ3v) is 6.14. The van der Waals surface area contributed by atoms with Crippen LogP contribution in [0.15, 0.2) is 42.5 Å². The molecule has 28 heavy (non-hydrogen) atoms. The van der Waals surface area contributed by atoms with Crippen molar-refractivity contribution in [3.05, 3.63) is 64.7 Å². The molecule has 5 nitrogen and oxygen atoms in total. The first-order valence-electron chi connectivity index (χ1n) is 9.49. The van der Waals surface area contributed by atoms with Crippen molar-refractivity contribution in [1.29, 1.82) is 0 Å². The lowest BCUT2D eigenvalue weighted by molar-refractivity contribution is -0.121. The highest BCUT2D eigenvalue weighted by Gasteiger charge is 2.29. The van der Waals surface area contributed by atoms with Crippen LogP contribution in [0.25, 0.3) is 0 Å². The molecule has 0 radical (unpaired) electrons. The van der Waals surface area contributed by atoms with Gasteiger partial charge in [-0.15, -0.1) is 0 Å². The second-order valence-corrected chi connectivity index (χ2v) is 9.24. The molecular weight excluding hydrogens is 372 g/mol. The van der Waals surface area contributed by atoms with Gasteiger partial charge in [0.1, 0.15) is 6.04 Å². The fourth-order valence-electron chi connectivity index (χ4n) is 3.08. The lowest BCUT2D eigenvalue weighted by atomic mass is 10.1. The maximum absolute atomic E-state index is 12.6. The predicted molar refractivity (Wildman–Crippen MR) is 115 cm³/mol. The van der Waals surface area contributed by atoms with Gasteiger partial charge in [0.05, 0.1) is 11.9 Å². The van der Waals surface area contributed by atoms with E-state index in [-0.39, 0.29) is 5.91 Å². The van der Waals surface area contributed by atoms with E-state index >= 15 is 0 Å². The normalized spacial score (nSPS) is 12.5. The summed E-state index contributed by atoms with van der Waals surface area (Å²) in [7, 11) is -3.60. The van der Waals surface area contributed by atoms with Crippen LogP contribution in [0, 0.1) is 20.8 Å². The van der Waals surface area contributed by atoms with Crippen molar-refractivity contribution in [2.75, 3.05) is 17.1 Å². The summed E-state index contributed by atoms with van der Waals surface area (Å²) < 4.78 is 25.9. The van der Waals surface area contributed by atoms with Gasteiger partial charge in [-0.05, 0) is 69.4 Å². The first kappa shape index (κ1) is 22.0. The summed E-state index contributed by atoms with van der Waals surface area (Å²) in [6.07, 6.45) is 2.79. The molecule has 0 spiro atoms. The Bertz CT molecular complexity index is 921. The molecule has 1 N–H and O–H groups in total. The number of anilines is 1. The molecule has 1 atom stereocenters. The number of carbonyl (C=O) groups is 1. The number of amides is 1. The number of carbonyl (C=O) groups excluding carboxylic acids is 1. The molecule has 2 aromatic rings. The molecule has 0 aliphatic carbocycles. The van der Waals surface area contributed by atoms with Crippen LogP contribution in [-0.4, -0.2) is 33.2 Å². The van der Waals surface area contributed by atoms with Crippen molar-refractivity contribution in [3.8, 4) is 0 Å². The summed E-state index contributed by atoms with van der Waals surface area (Å²) in [5.74, 6) is -0.299. The third-order valence-electron chi connectivity index (χ3n) is 4.90. The molecule has 152 valence electrons. The van der Waals surface area contributed by atoms with Crippen LogP contribution in [0.4, 0.5) is 5.69 Å². The quantitative estimate of drug-likeness (QED) is 0.687. The number of sulfonamides is 1. The summed E-state index contributed by atoms with van der Waals surface area (Å²) >= 11 is 0. The van der Waals surface area contributed by atoms with Crippen molar-refractivity contribution in [3.63, 3.8) is 0 Å². The van der Waals surface area contributed by atoms with E-state index in [9.17, 15) is 13.2 Å². The maximum atomic E-state index is 12.6. The largest absolute Gasteiger partial charge is 0.354 e. The molecule has 0 aliphatic heterocycles. The minimum absolute atomic E-state index is 0.299. The van der Waals surface area contributed by atoms with Crippen LogP contribution in [0.3, 0.4) is 0 Å². The summed E-state index contributed by atoms with van der Waals surface area (Å²) in [4.78, 5) is 12.6. The SMILES string of the molecule is Cc1ccc(CCCNC(=O)C(C)N(c2ccc(C)c(C)c2)S(C)(=O)=O)cc1. The highest BCUT2D eigenvalue weighted by molar-refractivity contribution is 7.92. The van der Waals surface area contributed by atoms with Gasteiger partial charge >= 0.3 is 0 Å². The van der Waals surface area contributed by atoms with Gasteiger partial charge in [0, 0.05) is 6.54 Å². The predicted octanol–water partition coefficient (Wildman–Crippen LogP) is 3.52. The molecule has 0 aromatic heterocycles. The monoisotopic (exact) mass is 402 g/mol. The third kappa shape index (κ3) is 5.83. The highest BCUT2D eigenvalue weighted by atomic mass is 32.2. The summed E-state index contributed by atoms with van der Waals surface area (Å²) in [5.41, 5.74) is 5.01. The van der Waals surface area contributed by atoms with E-state index < -0.39 is 16.1 Å². The van der Waals surface area contributed by atoms with Crippen molar-refractivity contribution < 1.29 is 13.2 Å². The Morgan fingerprint density at radius 1 is 1.04 bits per heavy atom. The fourth-order valence-corrected chi connectivity index (χ4v) is 4.24. The van der Waals surface area contributed by atoms with Crippen molar-refractivity contribution in [2.45, 2.75) is 46.6 Å². The fraction of sp³-hybridized carbons (Fsp3) is 0.409. The van der Waals surface area contributed by atoms with Gasteiger partial charge in [-0.1, -0.05) is 35.9 Å². The zero-order chi connectivity index (χ0) is 20.9. The molecule has 0 fully saturated rings. The molecule has 2 rings (SSSR count). The second kappa shape index (κ2) is 9.24. The number of hydrogen-bond donors (Lipinski definition) is 1. The standard InChI is InChI=1S/C22H30N2O3S/c1-16-8-11-20(12-9-16)7-6-14-23-22(25)19(4)24(28(5,26)27)21-13-10-17(2)18(3)15-21/h8-13,15,19H,6-7,14H2,1-5H3,(H,23,25). The Labute approximate surface area is 168 Å². The van der Waals surface area contributed by atoms with Crippen LogP contribution < -0.4 is 9.62 Å². The minimum Gasteiger partial charge on any atom is -0.354 e. The Morgan fingerprint density at radius 3 is 2.25 bits per heavy atom. The lowest BCUT2D eigenvalue weighted by Gasteiger charge is -2.28. The van der Waals surface area contributed by atoms with Gasteiger partial charge in [-0.25, -0.2) is 8.42 Å². The van der Waals surface area contributed by atoms with Gasteiger partial charge in [-0.2, -0.15) is 0 Å². The number of hydrogen-bond acceptors (Lipinski definition) is 3. The van der Waals surface area contributed by atoms with Crippen LogP contribution in [0.1, 0.15) is 35.6 Å². The van der Waals surface area contributed by atoms with Crippen LogP contribution in [0.2, 0.25) is 0 Å². The molecule has 6 heteroatoms. The molecule has 1 amide bonds. The Hall–Kier alpha value is -2.34. The topological polar surface area (TPSA) is 66.5 Å². The van der Waals surface area contributed by atoms with E-state index in [1.807, 2.05) is 19.9 Å². The molecule has 0 heterocycles. The highest BCUT2D eigenvalue weighted by Crippen LogP contribution is 2.23. The van der Waals surface area contributed by atoms with Crippen LogP contribution in [-0.2, 0) is 21.2 Å². The van der Waals surface area contributed by atoms with E-state index in [0.717, 1.165) is 30.2 Å². The van der Waals surface area contributed by atoms with E-state index in [4.69, 9.17) is 0 Å². The zero-order valence-electron chi connectivity index (χ0n) is 17.3. The summed E-state index contributed by atoms with van der Waals surface area (Å²) in [6.45, 7) is 8.06. The number of nitrogens with zero attached hydrogens (tertiary/aromatic N) is 1. The van der Waals surface area contributed by atoms with Crippen molar-refractivity contribution in [2.24, 2.45) is 0 Å². The molecule has 0 saturated heterocycles. The van der Waals surface area contributed by atoms with Crippen molar-refractivity contribution in [1.82, 2.24) is 5.32 Å². The number of aryl methyl sites for hydroxylation is 4. The van der Waals surface area contributed by atoms with E-state index in [0.29, 0.717) is 12.2 Å². The van der Waals surface area contributed by atoms with Crippen LogP contribution >= 0.6 is 0 Å². The Morgan fingerprint density at radius 2 is 1.68 bits per heavy atom. The van der Waals surface area contributed by atoms with Crippen LogP contribution in [0.5, 0.6) is 0 Å². The molecule has 0 aliphatic rings. The lowest BCUT2D eigenvalue weighted by Crippen LogP contribution is -2.48. The smallest absolute Gasteiger partial charge is 0.243 e. The second-order valence-electron chi connectivity index (χ2n) is 7.38. The average molecular weight is 403 g/mol. The van der Waals surface area contributed by atoms with Gasteiger partial charge < -0.3 is 5.32 Å². The minimum atomic E-state index is -3.60. The van der Waals surface area contributed by atoms with Gasteiger partial charge in [0.15, 0.2) is 0 Å². The first-order valence-corrected chi connectivity index (χ1v) is 11.3. The van der Waals surface area contributed by atoms with Gasteiger partial charge in [-0.3, -0.25) is 9.10 Å². The molecule has 2 aromatic carbocycles. The number of benzene rings is 2. The zero-order valence-corrected chi connectivity index (χ0v) is 18.1. The Balaban J connectivity index is 2.01.